The highest BCUT2D eigenvalue weighted by molar-refractivity contribution is 6.04. The minimum Gasteiger partial charge on any atom is -0.213 e. The molecule has 1 unspecified atom stereocenters. The normalized spacial score (nSPS) is 21.5. The minimum absolute atomic E-state index is 0.105. The molecule has 39 heavy (non-hydrogen) atoms. The van der Waals surface area contributed by atoms with Crippen molar-refractivity contribution < 1.29 is 4.57 Å². The molecule has 0 radical (unpaired) electrons. The summed E-state index contributed by atoms with van der Waals surface area (Å²) in [6.07, 6.45) is 8.38. The fraction of sp³-hybridized carbons (Fsp3) is 0.556. The van der Waals surface area contributed by atoms with E-state index in [0.717, 1.165) is 24.2 Å². The number of aromatic nitrogens is 3. The van der Waals surface area contributed by atoms with Gasteiger partial charge in [-0.25, -0.2) is 9.55 Å². The third-order valence-electron chi connectivity index (χ3n) is 10.4. The van der Waals surface area contributed by atoms with Crippen LogP contribution in [-0.2, 0) is 21.8 Å². The standard InChI is InChI=1S/C36H48N3/c1-11-14-15-19-35(10)22-34(8,9)25-20-29-28(21-26(25)35)38-31-30-24(23(4)36(12-2,13-3)39(29)31)17-16-18-27(30)37-32(38)33(5,6)7/h16-18,20-21H,4,11-15,19,22H2,1-3,5-10H3/q+1. The lowest BCUT2D eigenvalue weighted by Gasteiger charge is -2.35. The van der Waals surface area contributed by atoms with Gasteiger partial charge in [-0.15, -0.1) is 0 Å². The average molecular weight is 523 g/mol. The highest BCUT2D eigenvalue weighted by Gasteiger charge is 2.50. The zero-order valence-corrected chi connectivity index (χ0v) is 25.9. The van der Waals surface area contributed by atoms with Crippen molar-refractivity contribution >= 4 is 33.2 Å². The summed E-state index contributed by atoms with van der Waals surface area (Å²) in [6, 6.07) is 11.8. The first-order valence-electron chi connectivity index (χ1n) is 15.4. The molecule has 0 N–H and O–H groups in total. The van der Waals surface area contributed by atoms with Gasteiger partial charge in [0.2, 0.25) is 5.82 Å². The predicted molar refractivity (Wildman–Crippen MR) is 166 cm³/mol. The van der Waals surface area contributed by atoms with Crippen molar-refractivity contribution in [2.45, 2.75) is 129 Å². The molecule has 206 valence electrons. The molecule has 3 heterocycles. The van der Waals surface area contributed by atoms with E-state index >= 15 is 0 Å². The van der Waals surface area contributed by atoms with Gasteiger partial charge < -0.3 is 0 Å². The summed E-state index contributed by atoms with van der Waals surface area (Å²) >= 11 is 0. The fourth-order valence-corrected chi connectivity index (χ4v) is 8.51. The largest absolute Gasteiger partial charge is 0.299 e. The number of hydrogen-bond donors (Lipinski definition) is 0. The average Bonchev–Trinajstić information content (AvgIpc) is 3.32. The van der Waals surface area contributed by atoms with Gasteiger partial charge in [-0.2, -0.15) is 4.40 Å². The van der Waals surface area contributed by atoms with Crippen LogP contribution in [0.1, 0.15) is 130 Å². The van der Waals surface area contributed by atoms with Crippen LogP contribution in [0.2, 0.25) is 0 Å². The molecule has 1 atom stereocenters. The van der Waals surface area contributed by atoms with Crippen molar-refractivity contribution in [1.82, 2.24) is 9.38 Å². The summed E-state index contributed by atoms with van der Waals surface area (Å²) in [7, 11) is 0. The van der Waals surface area contributed by atoms with Gasteiger partial charge in [0.25, 0.3) is 5.65 Å². The summed E-state index contributed by atoms with van der Waals surface area (Å²) in [5.74, 6) is 1.14. The number of rotatable bonds is 6. The van der Waals surface area contributed by atoms with Crippen LogP contribution in [-0.4, -0.2) is 9.38 Å². The van der Waals surface area contributed by atoms with E-state index in [1.807, 2.05) is 0 Å². The molecular weight excluding hydrogens is 474 g/mol. The SMILES string of the molecule is C=C1c2cccc3nc(C(C)(C)C)n4c5cc6c(cc5[n+](c4c23)C1(CC)CC)C(C)(C)CC6(C)CCCCC. The molecule has 0 bridgehead atoms. The summed E-state index contributed by atoms with van der Waals surface area (Å²) < 4.78 is 5.24. The first-order valence-corrected chi connectivity index (χ1v) is 15.4. The molecule has 4 aromatic rings. The zero-order valence-electron chi connectivity index (χ0n) is 25.9. The maximum atomic E-state index is 5.39. The summed E-state index contributed by atoms with van der Waals surface area (Å²) in [5.41, 5.74) is 10.8. The molecule has 2 aromatic heterocycles. The fourth-order valence-electron chi connectivity index (χ4n) is 8.51. The Labute approximate surface area is 235 Å². The van der Waals surface area contributed by atoms with Crippen LogP contribution in [0.3, 0.4) is 0 Å². The third-order valence-corrected chi connectivity index (χ3v) is 10.4. The number of imidazole rings is 1. The Balaban J connectivity index is 1.84. The molecule has 2 aromatic carbocycles. The Kier molecular flexibility index (Phi) is 5.72. The number of unbranched alkanes of at least 4 members (excludes halogenated alkanes) is 2. The van der Waals surface area contributed by atoms with Gasteiger partial charge in [0.15, 0.2) is 11.0 Å². The van der Waals surface area contributed by atoms with Crippen LogP contribution in [0.5, 0.6) is 0 Å². The highest BCUT2D eigenvalue weighted by atomic mass is 15.2. The highest BCUT2D eigenvalue weighted by Crippen LogP contribution is 2.54. The molecule has 3 nitrogen and oxygen atoms in total. The minimum atomic E-state index is -0.161. The molecular formula is C36H48N3+. The first kappa shape index (κ1) is 26.5. The van der Waals surface area contributed by atoms with E-state index in [1.165, 1.54) is 65.3 Å². The quantitative estimate of drug-likeness (QED) is 0.183. The van der Waals surface area contributed by atoms with E-state index in [1.54, 1.807) is 11.1 Å². The second-order valence-electron chi connectivity index (χ2n) is 14.6. The van der Waals surface area contributed by atoms with Gasteiger partial charge in [0.1, 0.15) is 5.54 Å². The van der Waals surface area contributed by atoms with Crippen molar-refractivity contribution in [2.75, 3.05) is 0 Å². The predicted octanol–water partition coefficient (Wildman–Crippen LogP) is 9.29. The zero-order chi connectivity index (χ0) is 28.1. The lowest BCUT2D eigenvalue weighted by molar-refractivity contribution is -0.703. The molecule has 2 aliphatic rings. The third kappa shape index (κ3) is 3.40. The Morgan fingerprint density at radius 2 is 1.72 bits per heavy atom. The number of nitrogens with zero attached hydrogens (tertiary/aromatic N) is 3. The van der Waals surface area contributed by atoms with Crippen molar-refractivity contribution in [2.24, 2.45) is 0 Å². The second kappa shape index (κ2) is 8.41. The number of fused-ring (bicyclic) bond motifs is 4. The van der Waals surface area contributed by atoms with Gasteiger partial charge in [-0.1, -0.05) is 100 Å². The van der Waals surface area contributed by atoms with Gasteiger partial charge in [0, 0.05) is 11.0 Å². The van der Waals surface area contributed by atoms with Crippen LogP contribution in [0.15, 0.2) is 36.9 Å². The molecule has 1 aliphatic heterocycles. The molecule has 0 spiro atoms. The van der Waals surface area contributed by atoms with Gasteiger partial charge in [0.05, 0.1) is 10.9 Å². The van der Waals surface area contributed by atoms with Crippen molar-refractivity contribution in [1.29, 1.82) is 0 Å². The van der Waals surface area contributed by atoms with Gasteiger partial charge in [-0.05, 0) is 71.4 Å². The van der Waals surface area contributed by atoms with Crippen LogP contribution in [0.4, 0.5) is 0 Å². The van der Waals surface area contributed by atoms with E-state index in [0.29, 0.717) is 0 Å². The van der Waals surface area contributed by atoms with Crippen LogP contribution < -0.4 is 4.57 Å². The summed E-state index contributed by atoms with van der Waals surface area (Å²) in [6.45, 7) is 26.2. The monoisotopic (exact) mass is 522 g/mol. The molecule has 0 fully saturated rings. The van der Waals surface area contributed by atoms with Crippen LogP contribution >= 0.6 is 0 Å². The van der Waals surface area contributed by atoms with Crippen molar-refractivity contribution in [3.8, 4) is 0 Å². The lowest BCUT2D eigenvalue weighted by Crippen LogP contribution is -2.57. The summed E-state index contributed by atoms with van der Waals surface area (Å²) in [4.78, 5) is 5.39. The Hall–Kier alpha value is -2.68. The lowest BCUT2D eigenvalue weighted by atomic mass is 9.76. The van der Waals surface area contributed by atoms with E-state index in [9.17, 15) is 0 Å². The Morgan fingerprint density at radius 3 is 2.36 bits per heavy atom. The molecule has 0 amide bonds. The topological polar surface area (TPSA) is 21.2 Å². The Morgan fingerprint density at radius 1 is 1.00 bits per heavy atom. The van der Waals surface area contributed by atoms with Gasteiger partial charge in [-0.3, -0.25) is 0 Å². The molecule has 6 rings (SSSR count). The van der Waals surface area contributed by atoms with E-state index in [2.05, 4.69) is 102 Å². The summed E-state index contributed by atoms with van der Waals surface area (Å²) in [5, 5.41) is 1.26. The molecule has 1 aliphatic carbocycles. The maximum Gasteiger partial charge on any atom is 0.299 e. The maximum absolute atomic E-state index is 5.39. The molecule has 0 saturated carbocycles. The van der Waals surface area contributed by atoms with E-state index < -0.39 is 0 Å². The Bertz CT molecular complexity index is 1650. The second-order valence-corrected chi connectivity index (χ2v) is 14.6. The number of allylic oxidation sites excluding steroid dienone is 1. The van der Waals surface area contributed by atoms with E-state index in [4.69, 9.17) is 11.6 Å². The van der Waals surface area contributed by atoms with Crippen molar-refractivity contribution in [3.05, 3.63) is 59.4 Å². The smallest absolute Gasteiger partial charge is 0.213 e. The van der Waals surface area contributed by atoms with Crippen molar-refractivity contribution in [3.63, 3.8) is 0 Å². The van der Waals surface area contributed by atoms with Crippen LogP contribution in [0, 0.1) is 0 Å². The van der Waals surface area contributed by atoms with E-state index in [-0.39, 0.29) is 21.8 Å². The van der Waals surface area contributed by atoms with Gasteiger partial charge >= 0.3 is 0 Å². The first-order chi connectivity index (χ1) is 18.3. The molecule has 0 saturated heterocycles. The van der Waals surface area contributed by atoms with Crippen LogP contribution in [0.25, 0.3) is 33.2 Å². The number of benzene rings is 2. The number of hydrogen-bond acceptors (Lipinski definition) is 1. The molecule has 3 heteroatoms.